The van der Waals surface area contributed by atoms with E-state index in [1.165, 1.54) is 17.5 Å². The molecule has 1 amide bonds. The Morgan fingerprint density at radius 1 is 1.22 bits per heavy atom. The third-order valence-corrected chi connectivity index (χ3v) is 4.45. The molecule has 0 saturated carbocycles. The lowest BCUT2D eigenvalue weighted by Crippen LogP contribution is -2.33. The highest BCUT2D eigenvalue weighted by molar-refractivity contribution is 7.22. The van der Waals surface area contributed by atoms with Crippen molar-refractivity contribution in [3.8, 4) is 0 Å². The fourth-order valence-corrected chi connectivity index (χ4v) is 3.25. The van der Waals surface area contributed by atoms with E-state index < -0.39 is 0 Å². The minimum atomic E-state index is -0.208. The zero-order chi connectivity index (χ0) is 16.2. The maximum Gasteiger partial charge on any atom is 0.298 e. The number of nitrogens with zero attached hydrogens (tertiary/aromatic N) is 4. The molecule has 23 heavy (non-hydrogen) atoms. The number of amides is 1. The van der Waals surface area contributed by atoms with Gasteiger partial charge >= 0.3 is 0 Å². The zero-order valence-corrected chi connectivity index (χ0v) is 13.9. The van der Waals surface area contributed by atoms with Gasteiger partial charge in [0.25, 0.3) is 5.91 Å². The molecule has 0 fully saturated rings. The van der Waals surface area contributed by atoms with Gasteiger partial charge in [0.05, 0.1) is 16.4 Å². The summed E-state index contributed by atoms with van der Waals surface area (Å²) in [6.45, 7) is 1.47. The molecule has 1 aromatic carbocycles. The monoisotopic (exact) mass is 330 g/mol. The highest BCUT2D eigenvalue weighted by Crippen LogP contribution is 2.29. The van der Waals surface area contributed by atoms with Gasteiger partial charge in [0.2, 0.25) is 5.76 Å². The number of benzene rings is 1. The standard InChI is InChI=1S/C16H18N4O2S/c1-19(2)10-5-11-20(15(21)13-8-9-17-22-13)16-18-12-6-3-4-7-14(12)23-16/h3-4,6-9H,5,10-11H2,1-2H3. The smallest absolute Gasteiger partial charge is 0.298 e. The molecule has 0 bridgehead atoms. The number of hydrogen-bond donors (Lipinski definition) is 0. The van der Waals surface area contributed by atoms with Crippen LogP contribution in [0.2, 0.25) is 0 Å². The Hall–Kier alpha value is -2.25. The summed E-state index contributed by atoms with van der Waals surface area (Å²) in [7, 11) is 4.03. The van der Waals surface area contributed by atoms with Crippen molar-refractivity contribution in [3.63, 3.8) is 0 Å². The van der Waals surface area contributed by atoms with Crippen molar-refractivity contribution in [2.24, 2.45) is 0 Å². The van der Waals surface area contributed by atoms with Gasteiger partial charge in [-0.25, -0.2) is 4.98 Å². The first kappa shape index (κ1) is 15.6. The van der Waals surface area contributed by atoms with E-state index in [0.717, 1.165) is 23.2 Å². The average Bonchev–Trinajstić information content (AvgIpc) is 3.19. The quantitative estimate of drug-likeness (QED) is 0.695. The molecule has 2 heterocycles. The van der Waals surface area contributed by atoms with Crippen LogP contribution >= 0.6 is 11.3 Å². The number of thiazole rings is 1. The lowest BCUT2D eigenvalue weighted by Gasteiger charge is -2.19. The molecule has 120 valence electrons. The molecule has 7 heteroatoms. The number of hydrogen-bond acceptors (Lipinski definition) is 6. The minimum absolute atomic E-state index is 0.208. The van der Waals surface area contributed by atoms with Crippen molar-refractivity contribution in [1.82, 2.24) is 15.0 Å². The summed E-state index contributed by atoms with van der Waals surface area (Å²) in [4.78, 5) is 21.1. The average molecular weight is 330 g/mol. The SMILES string of the molecule is CN(C)CCCN(C(=O)c1ccno1)c1nc2ccccc2s1. The van der Waals surface area contributed by atoms with Gasteiger partial charge in [0.1, 0.15) is 0 Å². The Balaban J connectivity index is 1.88. The van der Waals surface area contributed by atoms with E-state index in [9.17, 15) is 4.79 Å². The fraction of sp³-hybridized carbons (Fsp3) is 0.312. The van der Waals surface area contributed by atoms with Crippen LogP contribution in [0.25, 0.3) is 10.2 Å². The first-order chi connectivity index (χ1) is 11.1. The Morgan fingerprint density at radius 3 is 2.74 bits per heavy atom. The zero-order valence-electron chi connectivity index (χ0n) is 13.1. The molecular formula is C16H18N4O2S. The topological polar surface area (TPSA) is 62.5 Å². The largest absolute Gasteiger partial charge is 0.351 e. The van der Waals surface area contributed by atoms with Gasteiger partial charge in [0, 0.05) is 12.6 Å². The predicted octanol–water partition coefficient (Wildman–Crippen LogP) is 2.88. The van der Waals surface area contributed by atoms with Gasteiger partial charge in [-0.1, -0.05) is 28.6 Å². The van der Waals surface area contributed by atoms with Gasteiger partial charge in [-0.05, 0) is 39.2 Å². The maximum atomic E-state index is 12.7. The Kier molecular flexibility index (Phi) is 4.68. The van der Waals surface area contributed by atoms with E-state index in [2.05, 4.69) is 15.0 Å². The second-order valence-electron chi connectivity index (χ2n) is 5.45. The van der Waals surface area contributed by atoms with E-state index in [4.69, 9.17) is 4.52 Å². The van der Waals surface area contributed by atoms with E-state index in [1.54, 1.807) is 11.0 Å². The second kappa shape index (κ2) is 6.89. The summed E-state index contributed by atoms with van der Waals surface area (Å²) in [6, 6.07) is 9.45. The number of aromatic nitrogens is 2. The molecule has 6 nitrogen and oxygen atoms in total. The molecule has 0 spiro atoms. The Morgan fingerprint density at radius 2 is 2.04 bits per heavy atom. The van der Waals surface area contributed by atoms with Gasteiger partial charge in [-0.2, -0.15) is 0 Å². The van der Waals surface area contributed by atoms with Crippen LogP contribution in [0.3, 0.4) is 0 Å². The van der Waals surface area contributed by atoms with E-state index in [1.807, 2.05) is 38.4 Å². The van der Waals surface area contributed by atoms with Crippen LogP contribution in [0.15, 0.2) is 41.1 Å². The third-order valence-electron chi connectivity index (χ3n) is 3.39. The highest BCUT2D eigenvalue weighted by Gasteiger charge is 2.23. The Bertz CT molecular complexity index is 749. The summed E-state index contributed by atoms with van der Waals surface area (Å²) < 4.78 is 6.09. The molecular weight excluding hydrogens is 312 g/mol. The molecule has 0 aliphatic heterocycles. The number of carbonyl (C=O) groups is 1. The summed E-state index contributed by atoms with van der Waals surface area (Å²) in [5, 5.41) is 4.31. The summed E-state index contributed by atoms with van der Waals surface area (Å²) >= 11 is 1.51. The van der Waals surface area contributed by atoms with Crippen LogP contribution in [0, 0.1) is 0 Å². The molecule has 2 aromatic heterocycles. The summed E-state index contributed by atoms with van der Waals surface area (Å²) in [5.41, 5.74) is 0.899. The molecule has 3 rings (SSSR count). The predicted molar refractivity (Wildman–Crippen MR) is 91.0 cm³/mol. The summed E-state index contributed by atoms with van der Waals surface area (Å²) in [6.07, 6.45) is 2.33. The first-order valence-electron chi connectivity index (χ1n) is 7.38. The number of para-hydroxylation sites is 1. The molecule has 0 N–H and O–H groups in total. The highest BCUT2D eigenvalue weighted by atomic mass is 32.1. The molecule has 0 atom stereocenters. The number of anilines is 1. The normalized spacial score (nSPS) is 11.3. The fourth-order valence-electron chi connectivity index (χ4n) is 2.26. The molecule has 0 unspecified atom stereocenters. The third kappa shape index (κ3) is 3.57. The van der Waals surface area contributed by atoms with Crippen LogP contribution in [-0.2, 0) is 0 Å². The van der Waals surface area contributed by atoms with Crippen LogP contribution < -0.4 is 4.90 Å². The number of fused-ring (bicyclic) bond motifs is 1. The van der Waals surface area contributed by atoms with Crippen molar-refractivity contribution < 1.29 is 9.32 Å². The van der Waals surface area contributed by atoms with Crippen LogP contribution in [0.1, 0.15) is 17.0 Å². The van der Waals surface area contributed by atoms with Crippen molar-refractivity contribution in [2.45, 2.75) is 6.42 Å². The van der Waals surface area contributed by atoms with Crippen LogP contribution in [-0.4, -0.2) is 48.1 Å². The second-order valence-corrected chi connectivity index (χ2v) is 6.46. The number of carbonyl (C=O) groups excluding carboxylic acids is 1. The molecule has 0 saturated heterocycles. The summed E-state index contributed by atoms with van der Waals surface area (Å²) in [5.74, 6) is 0.0226. The van der Waals surface area contributed by atoms with Gasteiger partial charge in [0.15, 0.2) is 5.13 Å². The maximum absolute atomic E-state index is 12.7. The first-order valence-corrected chi connectivity index (χ1v) is 8.19. The van der Waals surface area contributed by atoms with Crippen molar-refractivity contribution in [3.05, 3.63) is 42.3 Å². The van der Waals surface area contributed by atoms with Gasteiger partial charge < -0.3 is 9.42 Å². The van der Waals surface area contributed by atoms with E-state index in [-0.39, 0.29) is 11.7 Å². The van der Waals surface area contributed by atoms with Crippen LogP contribution in [0.5, 0.6) is 0 Å². The van der Waals surface area contributed by atoms with Gasteiger partial charge in [-0.15, -0.1) is 0 Å². The van der Waals surface area contributed by atoms with Crippen molar-refractivity contribution in [1.29, 1.82) is 0 Å². The van der Waals surface area contributed by atoms with E-state index in [0.29, 0.717) is 11.7 Å². The lowest BCUT2D eigenvalue weighted by atomic mass is 10.3. The molecule has 0 aliphatic carbocycles. The molecule has 0 radical (unpaired) electrons. The lowest BCUT2D eigenvalue weighted by molar-refractivity contribution is 0.0950. The number of rotatable bonds is 6. The molecule has 3 aromatic rings. The van der Waals surface area contributed by atoms with E-state index >= 15 is 0 Å². The van der Waals surface area contributed by atoms with Gasteiger partial charge in [-0.3, -0.25) is 9.69 Å². The Labute approximate surface area is 138 Å². The minimum Gasteiger partial charge on any atom is -0.351 e. The van der Waals surface area contributed by atoms with Crippen molar-refractivity contribution >= 4 is 32.6 Å². The van der Waals surface area contributed by atoms with Crippen LogP contribution in [0.4, 0.5) is 5.13 Å². The van der Waals surface area contributed by atoms with Crippen molar-refractivity contribution in [2.75, 3.05) is 32.1 Å². The molecule has 0 aliphatic rings.